The quantitative estimate of drug-likeness (QED) is 0.871. The van der Waals surface area contributed by atoms with E-state index in [4.69, 9.17) is 0 Å². The number of carbonyl (C=O) groups is 3. The summed E-state index contributed by atoms with van der Waals surface area (Å²) in [6.07, 6.45) is 0.283. The second-order valence-electron chi connectivity index (χ2n) is 6.27. The predicted molar refractivity (Wildman–Crippen MR) is 96.9 cm³/mol. The molecule has 1 aliphatic heterocycles. The number of ketones is 1. The molecule has 0 fully saturated rings. The van der Waals surface area contributed by atoms with Crippen molar-refractivity contribution >= 4 is 29.0 Å². The summed E-state index contributed by atoms with van der Waals surface area (Å²) in [5, 5.41) is 2.84. The van der Waals surface area contributed by atoms with E-state index in [0.717, 1.165) is 11.3 Å². The minimum absolute atomic E-state index is 0.0236. The van der Waals surface area contributed by atoms with Crippen molar-refractivity contribution in [3.8, 4) is 0 Å². The van der Waals surface area contributed by atoms with Crippen molar-refractivity contribution in [3.63, 3.8) is 0 Å². The van der Waals surface area contributed by atoms with Gasteiger partial charge in [-0.25, -0.2) is 0 Å². The zero-order valence-corrected chi connectivity index (χ0v) is 14.3. The van der Waals surface area contributed by atoms with Gasteiger partial charge >= 0.3 is 0 Å². The van der Waals surface area contributed by atoms with Crippen molar-refractivity contribution in [2.24, 2.45) is 0 Å². The number of nitrogens with zero attached hydrogens (tertiary/aromatic N) is 1. The van der Waals surface area contributed by atoms with Crippen LogP contribution in [0.5, 0.6) is 0 Å². The summed E-state index contributed by atoms with van der Waals surface area (Å²) >= 11 is 0. The van der Waals surface area contributed by atoms with Gasteiger partial charge in [-0.2, -0.15) is 0 Å². The Morgan fingerprint density at radius 1 is 1.08 bits per heavy atom. The van der Waals surface area contributed by atoms with Crippen molar-refractivity contribution < 1.29 is 14.4 Å². The molecule has 0 bridgehead atoms. The van der Waals surface area contributed by atoms with E-state index in [2.05, 4.69) is 5.32 Å². The number of hydrogen-bond donors (Lipinski definition) is 1. The van der Waals surface area contributed by atoms with Crippen LogP contribution in [0, 0.1) is 0 Å². The molecule has 1 N–H and O–H groups in total. The number of nitrogens with one attached hydrogen (secondary N) is 1. The highest BCUT2D eigenvalue weighted by Gasteiger charge is 2.31. The molecule has 2 aromatic carbocycles. The topological polar surface area (TPSA) is 66.5 Å². The number of Topliss-reactive ketones (excluding diaryl/α,β-unsaturated/α-hetero) is 1. The molecule has 0 spiro atoms. The maximum absolute atomic E-state index is 12.4. The van der Waals surface area contributed by atoms with E-state index in [1.54, 1.807) is 29.2 Å². The summed E-state index contributed by atoms with van der Waals surface area (Å²) in [5.74, 6) is -0.232. The van der Waals surface area contributed by atoms with E-state index < -0.39 is 0 Å². The van der Waals surface area contributed by atoms with Gasteiger partial charge < -0.3 is 10.2 Å². The van der Waals surface area contributed by atoms with E-state index in [9.17, 15) is 14.4 Å². The molecular weight excluding hydrogens is 316 g/mol. The Hall–Kier alpha value is -2.95. The Labute approximate surface area is 146 Å². The summed E-state index contributed by atoms with van der Waals surface area (Å²) in [6, 6.07) is 14.6. The molecule has 25 heavy (non-hydrogen) atoms. The average molecular weight is 336 g/mol. The van der Waals surface area contributed by atoms with Gasteiger partial charge in [-0.1, -0.05) is 30.3 Å². The van der Waals surface area contributed by atoms with Crippen LogP contribution in [-0.2, 0) is 9.59 Å². The largest absolute Gasteiger partial charge is 0.326 e. The SMILES string of the molecule is CC(=O)c1cccc(NC(=O)CC2CN(C(C)=O)c3ccccc32)c1. The minimum atomic E-state index is -0.133. The van der Waals surface area contributed by atoms with Crippen LogP contribution in [0.3, 0.4) is 0 Å². The standard InChI is InChI=1S/C20H20N2O3/c1-13(23)15-6-5-7-17(10-15)21-20(25)11-16-12-22(14(2)24)19-9-4-3-8-18(16)19/h3-10,16H,11-12H2,1-2H3,(H,21,25). The van der Waals surface area contributed by atoms with E-state index in [-0.39, 0.29) is 29.9 Å². The Balaban J connectivity index is 1.73. The fourth-order valence-corrected chi connectivity index (χ4v) is 3.22. The number of anilines is 2. The normalized spacial score (nSPS) is 15.6. The molecule has 1 atom stereocenters. The number of rotatable bonds is 4. The zero-order chi connectivity index (χ0) is 18.0. The fraction of sp³-hybridized carbons (Fsp3) is 0.250. The van der Waals surface area contributed by atoms with E-state index >= 15 is 0 Å². The lowest BCUT2D eigenvalue weighted by Crippen LogP contribution is -2.28. The highest BCUT2D eigenvalue weighted by atomic mass is 16.2. The third kappa shape index (κ3) is 3.60. The van der Waals surface area contributed by atoms with Gasteiger partial charge in [0, 0.05) is 42.7 Å². The highest BCUT2D eigenvalue weighted by Crippen LogP contribution is 2.38. The van der Waals surface area contributed by atoms with Crippen LogP contribution in [0.4, 0.5) is 11.4 Å². The lowest BCUT2D eigenvalue weighted by atomic mass is 9.97. The molecule has 1 unspecified atom stereocenters. The molecule has 1 heterocycles. The van der Waals surface area contributed by atoms with Crippen LogP contribution >= 0.6 is 0 Å². The smallest absolute Gasteiger partial charge is 0.225 e. The first-order valence-corrected chi connectivity index (χ1v) is 8.23. The van der Waals surface area contributed by atoms with Gasteiger partial charge in [0.15, 0.2) is 5.78 Å². The first kappa shape index (κ1) is 16.9. The van der Waals surface area contributed by atoms with Gasteiger partial charge in [0.2, 0.25) is 11.8 Å². The summed E-state index contributed by atoms with van der Waals surface area (Å²) in [7, 11) is 0. The number of fused-ring (bicyclic) bond motifs is 1. The summed E-state index contributed by atoms with van der Waals surface area (Å²) in [4.78, 5) is 37.4. The van der Waals surface area contributed by atoms with E-state index in [0.29, 0.717) is 17.8 Å². The zero-order valence-electron chi connectivity index (χ0n) is 14.3. The second-order valence-corrected chi connectivity index (χ2v) is 6.27. The Bertz CT molecular complexity index is 844. The molecule has 1 aliphatic rings. The van der Waals surface area contributed by atoms with Gasteiger partial charge in [-0.3, -0.25) is 14.4 Å². The molecule has 0 saturated carbocycles. The monoisotopic (exact) mass is 336 g/mol. The minimum Gasteiger partial charge on any atom is -0.326 e. The molecule has 3 rings (SSSR count). The number of amides is 2. The lowest BCUT2D eigenvalue weighted by Gasteiger charge is -2.15. The molecule has 5 nitrogen and oxygen atoms in total. The van der Waals surface area contributed by atoms with Gasteiger partial charge in [0.25, 0.3) is 0 Å². The molecule has 0 aliphatic carbocycles. The van der Waals surface area contributed by atoms with Crippen LogP contribution in [-0.4, -0.2) is 24.1 Å². The molecule has 0 saturated heterocycles. The first-order valence-electron chi connectivity index (χ1n) is 8.23. The molecule has 128 valence electrons. The van der Waals surface area contributed by atoms with Gasteiger partial charge in [-0.15, -0.1) is 0 Å². The number of carbonyl (C=O) groups excluding carboxylic acids is 3. The summed E-state index contributed by atoms with van der Waals surface area (Å²) < 4.78 is 0. The number of hydrogen-bond acceptors (Lipinski definition) is 3. The van der Waals surface area contributed by atoms with E-state index in [1.165, 1.54) is 13.8 Å². The highest BCUT2D eigenvalue weighted by molar-refractivity contribution is 5.98. The van der Waals surface area contributed by atoms with Crippen molar-refractivity contribution in [1.82, 2.24) is 0 Å². The Kier molecular flexibility index (Phi) is 4.65. The van der Waals surface area contributed by atoms with Gasteiger partial charge in [-0.05, 0) is 30.7 Å². The number of para-hydroxylation sites is 1. The second kappa shape index (κ2) is 6.89. The molecule has 0 aromatic heterocycles. The van der Waals surface area contributed by atoms with E-state index in [1.807, 2.05) is 24.3 Å². The van der Waals surface area contributed by atoms with Crippen molar-refractivity contribution in [3.05, 3.63) is 59.7 Å². The van der Waals surface area contributed by atoms with Crippen molar-refractivity contribution in [2.45, 2.75) is 26.2 Å². The van der Waals surface area contributed by atoms with Crippen molar-refractivity contribution in [2.75, 3.05) is 16.8 Å². The van der Waals surface area contributed by atoms with Gasteiger partial charge in [0.05, 0.1) is 0 Å². The summed E-state index contributed by atoms with van der Waals surface area (Å²) in [6.45, 7) is 3.54. The average Bonchev–Trinajstić information content (AvgIpc) is 2.94. The van der Waals surface area contributed by atoms with Gasteiger partial charge in [0.1, 0.15) is 0 Å². The molecule has 0 radical (unpaired) electrons. The predicted octanol–water partition coefficient (Wildman–Crippen LogP) is 3.37. The third-order valence-electron chi connectivity index (χ3n) is 4.44. The maximum Gasteiger partial charge on any atom is 0.225 e. The van der Waals surface area contributed by atoms with Crippen LogP contribution in [0.1, 0.15) is 42.1 Å². The van der Waals surface area contributed by atoms with Crippen LogP contribution in [0.15, 0.2) is 48.5 Å². The molecule has 2 amide bonds. The summed E-state index contributed by atoms with van der Waals surface area (Å²) in [5.41, 5.74) is 3.07. The molecular formula is C20H20N2O3. The molecule has 5 heteroatoms. The Morgan fingerprint density at radius 2 is 1.84 bits per heavy atom. The van der Waals surface area contributed by atoms with Crippen LogP contribution in [0.2, 0.25) is 0 Å². The first-order chi connectivity index (χ1) is 12.0. The fourth-order valence-electron chi connectivity index (χ4n) is 3.22. The lowest BCUT2D eigenvalue weighted by molar-refractivity contribution is -0.118. The maximum atomic E-state index is 12.4. The van der Waals surface area contributed by atoms with Crippen LogP contribution < -0.4 is 10.2 Å². The Morgan fingerprint density at radius 3 is 2.56 bits per heavy atom. The molecule has 2 aromatic rings. The van der Waals surface area contributed by atoms with Crippen molar-refractivity contribution in [1.29, 1.82) is 0 Å². The third-order valence-corrected chi connectivity index (χ3v) is 4.44. The number of benzene rings is 2. The van der Waals surface area contributed by atoms with Crippen LogP contribution in [0.25, 0.3) is 0 Å².